The van der Waals surface area contributed by atoms with Gasteiger partial charge in [-0.1, -0.05) is 20.3 Å². The van der Waals surface area contributed by atoms with Gasteiger partial charge in [-0.15, -0.1) is 0 Å². The van der Waals surface area contributed by atoms with Crippen molar-refractivity contribution in [3.8, 4) is 0 Å². The van der Waals surface area contributed by atoms with E-state index in [1.54, 1.807) is 0 Å². The van der Waals surface area contributed by atoms with Crippen LogP contribution in [0.1, 0.15) is 33.1 Å². The quantitative estimate of drug-likeness (QED) is 0.594. The van der Waals surface area contributed by atoms with Gasteiger partial charge in [-0.3, -0.25) is 0 Å². The monoisotopic (exact) mass is 142 g/mol. The maximum absolute atomic E-state index is 8.95. The molecule has 1 N–H and O–H groups in total. The molecule has 1 saturated carbocycles. The Morgan fingerprint density at radius 3 is 2.50 bits per heavy atom. The van der Waals surface area contributed by atoms with Crippen LogP contribution >= 0.6 is 0 Å². The second-order valence-electron chi connectivity index (χ2n) is 3.84. The van der Waals surface area contributed by atoms with Crippen LogP contribution in [0.4, 0.5) is 0 Å². The maximum atomic E-state index is 8.95. The number of hydrogen-bond acceptors (Lipinski definition) is 1. The van der Waals surface area contributed by atoms with E-state index in [0.29, 0.717) is 12.5 Å². The highest BCUT2D eigenvalue weighted by Gasteiger charge is 2.23. The molecule has 10 heavy (non-hydrogen) atoms. The molecule has 1 aliphatic carbocycles. The first-order chi connectivity index (χ1) is 4.74. The lowest BCUT2D eigenvalue weighted by Gasteiger charge is -2.31. The molecule has 0 heterocycles. The SMILES string of the molecule is C[C@@H]1CC[C@H](CO)[C@H](C)C1. The first-order valence-electron chi connectivity index (χ1n) is 4.35. The Bertz CT molecular complexity index is 101. The molecular weight excluding hydrogens is 124 g/mol. The summed E-state index contributed by atoms with van der Waals surface area (Å²) in [4.78, 5) is 0. The molecule has 1 rings (SSSR count). The van der Waals surface area contributed by atoms with Crippen LogP contribution < -0.4 is 0 Å². The minimum absolute atomic E-state index is 0.397. The fraction of sp³-hybridized carbons (Fsp3) is 1.00. The lowest BCUT2D eigenvalue weighted by molar-refractivity contribution is 0.122. The Hall–Kier alpha value is -0.0400. The van der Waals surface area contributed by atoms with Gasteiger partial charge in [0.2, 0.25) is 0 Å². The fourth-order valence-electron chi connectivity index (χ4n) is 2.00. The molecule has 0 radical (unpaired) electrons. The van der Waals surface area contributed by atoms with Crippen LogP contribution in [0.2, 0.25) is 0 Å². The Kier molecular flexibility index (Phi) is 2.72. The zero-order valence-corrected chi connectivity index (χ0v) is 7.01. The van der Waals surface area contributed by atoms with Crippen LogP contribution in [0.25, 0.3) is 0 Å². The van der Waals surface area contributed by atoms with E-state index in [-0.39, 0.29) is 0 Å². The molecule has 0 aliphatic heterocycles. The summed E-state index contributed by atoms with van der Waals surface area (Å²) in [5, 5.41) is 8.95. The summed E-state index contributed by atoms with van der Waals surface area (Å²) in [7, 11) is 0. The highest BCUT2D eigenvalue weighted by atomic mass is 16.3. The van der Waals surface area contributed by atoms with Gasteiger partial charge in [-0.05, 0) is 30.6 Å². The summed E-state index contributed by atoms with van der Waals surface area (Å²) < 4.78 is 0. The van der Waals surface area contributed by atoms with Crippen molar-refractivity contribution in [2.24, 2.45) is 17.8 Å². The van der Waals surface area contributed by atoms with Crippen LogP contribution in [0, 0.1) is 17.8 Å². The number of rotatable bonds is 1. The molecule has 0 unspecified atom stereocenters. The molecular formula is C9H18O. The molecule has 1 fully saturated rings. The van der Waals surface area contributed by atoms with Crippen LogP contribution in [0.5, 0.6) is 0 Å². The second kappa shape index (κ2) is 3.38. The summed E-state index contributed by atoms with van der Waals surface area (Å²) in [5.41, 5.74) is 0. The summed E-state index contributed by atoms with van der Waals surface area (Å²) in [6, 6.07) is 0. The predicted octanol–water partition coefficient (Wildman–Crippen LogP) is 2.05. The van der Waals surface area contributed by atoms with Crippen molar-refractivity contribution in [3.05, 3.63) is 0 Å². The Morgan fingerprint density at radius 1 is 1.30 bits per heavy atom. The molecule has 3 atom stereocenters. The predicted molar refractivity (Wildman–Crippen MR) is 42.8 cm³/mol. The fourth-order valence-corrected chi connectivity index (χ4v) is 2.00. The number of aliphatic hydroxyl groups is 1. The third kappa shape index (κ3) is 1.72. The van der Waals surface area contributed by atoms with E-state index in [9.17, 15) is 0 Å². The highest BCUT2D eigenvalue weighted by molar-refractivity contribution is 4.74. The highest BCUT2D eigenvalue weighted by Crippen LogP contribution is 2.32. The third-order valence-electron chi connectivity index (χ3n) is 2.84. The van der Waals surface area contributed by atoms with Crippen molar-refractivity contribution >= 4 is 0 Å². The summed E-state index contributed by atoms with van der Waals surface area (Å²) in [6.45, 7) is 4.97. The van der Waals surface area contributed by atoms with Gasteiger partial charge < -0.3 is 5.11 Å². The maximum Gasteiger partial charge on any atom is 0.0461 e. The zero-order valence-electron chi connectivity index (χ0n) is 7.01. The van der Waals surface area contributed by atoms with E-state index in [1.165, 1.54) is 19.3 Å². The van der Waals surface area contributed by atoms with Gasteiger partial charge in [0, 0.05) is 6.61 Å². The standard InChI is InChI=1S/C9H18O/c1-7-3-4-9(6-10)8(2)5-7/h7-10H,3-6H2,1-2H3/t7-,8-,9-/m1/s1. The van der Waals surface area contributed by atoms with Crippen molar-refractivity contribution in [1.82, 2.24) is 0 Å². The van der Waals surface area contributed by atoms with Crippen LogP contribution in [0.15, 0.2) is 0 Å². The van der Waals surface area contributed by atoms with Crippen LogP contribution in [0.3, 0.4) is 0 Å². The summed E-state index contributed by atoms with van der Waals surface area (Å²) in [6.07, 6.45) is 3.86. The minimum atomic E-state index is 0.397. The minimum Gasteiger partial charge on any atom is -0.396 e. The molecule has 0 bridgehead atoms. The van der Waals surface area contributed by atoms with Gasteiger partial charge >= 0.3 is 0 Å². The first-order valence-corrected chi connectivity index (χ1v) is 4.35. The van der Waals surface area contributed by atoms with Crippen molar-refractivity contribution in [1.29, 1.82) is 0 Å². The van der Waals surface area contributed by atoms with Gasteiger partial charge in [-0.2, -0.15) is 0 Å². The van der Waals surface area contributed by atoms with Gasteiger partial charge in [0.15, 0.2) is 0 Å². The topological polar surface area (TPSA) is 20.2 Å². The van der Waals surface area contributed by atoms with E-state index in [1.807, 2.05) is 0 Å². The number of hydrogen-bond donors (Lipinski definition) is 1. The van der Waals surface area contributed by atoms with Crippen molar-refractivity contribution in [2.45, 2.75) is 33.1 Å². The molecule has 60 valence electrons. The lowest BCUT2D eigenvalue weighted by Crippen LogP contribution is -2.23. The van der Waals surface area contributed by atoms with Gasteiger partial charge in [-0.25, -0.2) is 0 Å². The molecule has 0 amide bonds. The molecule has 0 saturated heterocycles. The van der Waals surface area contributed by atoms with Crippen molar-refractivity contribution in [3.63, 3.8) is 0 Å². The summed E-state index contributed by atoms with van der Waals surface area (Å²) in [5.74, 6) is 2.22. The van der Waals surface area contributed by atoms with Crippen LogP contribution in [-0.2, 0) is 0 Å². The van der Waals surface area contributed by atoms with Gasteiger partial charge in [0.25, 0.3) is 0 Å². The average molecular weight is 142 g/mol. The van der Waals surface area contributed by atoms with E-state index >= 15 is 0 Å². The normalized spacial score (nSPS) is 41.7. The summed E-state index contributed by atoms with van der Waals surface area (Å²) >= 11 is 0. The largest absolute Gasteiger partial charge is 0.396 e. The number of aliphatic hydroxyl groups excluding tert-OH is 1. The van der Waals surface area contributed by atoms with E-state index in [2.05, 4.69) is 13.8 Å². The van der Waals surface area contributed by atoms with Crippen molar-refractivity contribution < 1.29 is 5.11 Å². The zero-order chi connectivity index (χ0) is 7.56. The molecule has 0 aromatic rings. The van der Waals surface area contributed by atoms with E-state index in [4.69, 9.17) is 5.11 Å². The smallest absolute Gasteiger partial charge is 0.0461 e. The molecule has 0 aromatic carbocycles. The van der Waals surface area contributed by atoms with E-state index in [0.717, 1.165) is 11.8 Å². The second-order valence-corrected chi connectivity index (χ2v) is 3.84. The first kappa shape index (κ1) is 8.06. The molecule has 1 nitrogen and oxygen atoms in total. The average Bonchev–Trinajstić information content (AvgIpc) is 1.88. The molecule has 1 heteroatoms. The van der Waals surface area contributed by atoms with Crippen LogP contribution in [-0.4, -0.2) is 11.7 Å². The van der Waals surface area contributed by atoms with Gasteiger partial charge in [0.05, 0.1) is 0 Å². The molecule has 0 spiro atoms. The van der Waals surface area contributed by atoms with Crippen molar-refractivity contribution in [2.75, 3.05) is 6.61 Å². The van der Waals surface area contributed by atoms with E-state index < -0.39 is 0 Å². The Morgan fingerprint density at radius 2 is 2.00 bits per heavy atom. The van der Waals surface area contributed by atoms with Gasteiger partial charge in [0.1, 0.15) is 0 Å². The molecule has 0 aromatic heterocycles. The Labute approximate surface area is 63.4 Å². The lowest BCUT2D eigenvalue weighted by atomic mass is 9.76. The Balaban J connectivity index is 2.36. The third-order valence-corrected chi connectivity index (χ3v) is 2.84. The molecule has 1 aliphatic rings.